The Labute approximate surface area is 175 Å². The highest BCUT2D eigenvalue weighted by Gasteiger charge is 2.16. The summed E-state index contributed by atoms with van der Waals surface area (Å²) in [6.07, 6.45) is 2.60. The first kappa shape index (κ1) is 19.7. The smallest absolute Gasteiger partial charge is 0.257 e. The van der Waals surface area contributed by atoms with Gasteiger partial charge in [0.1, 0.15) is 5.01 Å². The number of amides is 1. The molecule has 4 rings (SSSR count). The third-order valence-electron chi connectivity index (χ3n) is 5.31. The van der Waals surface area contributed by atoms with Gasteiger partial charge in [0, 0.05) is 24.2 Å². The highest BCUT2D eigenvalue weighted by atomic mass is 32.1. The number of piperidine rings is 1. The van der Waals surface area contributed by atoms with Crippen LogP contribution in [0.4, 0.5) is 5.13 Å². The maximum atomic E-state index is 12.6. The molecule has 0 spiro atoms. The van der Waals surface area contributed by atoms with E-state index in [1.165, 1.54) is 35.3 Å². The molecule has 2 heterocycles. The maximum Gasteiger partial charge on any atom is 0.257 e. The summed E-state index contributed by atoms with van der Waals surface area (Å²) in [6, 6.07) is 16.0. The van der Waals surface area contributed by atoms with Crippen molar-refractivity contribution in [3.63, 3.8) is 0 Å². The zero-order valence-corrected chi connectivity index (χ0v) is 17.7. The molecule has 0 saturated carbocycles. The lowest BCUT2D eigenvalue weighted by atomic mass is 9.99. The summed E-state index contributed by atoms with van der Waals surface area (Å²) in [4.78, 5) is 15.1. The molecule has 1 aromatic heterocycles. The van der Waals surface area contributed by atoms with Gasteiger partial charge in [-0.25, -0.2) is 0 Å². The van der Waals surface area contributed by atoms with Gasteiger partial charge in [0.05, 0.1) is 0 Å². The van der Waals surface area contributed by atoms with Gasteiger partial charge in [-0.15, -0.1) is 10.2 Å². The fourth-order valence-corrected chi connectivity index (χ4v) is 4.45. The van der Waals surface area contributed by atoms with E-state index in [1.54, 1.807) is 0 Å². The van der Waals surface area contributed by atoms with Crippen LogP contribution < -0.4 is 5.32 Å². The first-order valence-electron chi connectivity index (χ1n) is 10.1. The van der Waals surface area contributed by atoms with Gasteiger partial charge in [-0.2, -0.15) is 0 Å². The van der Waals surface area contributed by atoms with Crippen molar-refractivity contribution >= 4 is 22.4 Å². The lowest BCUT2D eigenvalue weighted by molar-refractivity contribution is 0.102. The zero-order valence-electron chi connectivity index (χ0n) is 16.9. The predicted molar refractivity (Wildman–Crippen MR) is 118 cm³/mol. The van der Waals surface area contributed by atoms with Crippen molar-refractivity contribution in [3.05, 3.63) is 65.2 Å². The van der Waals surface area contributed by atoms with Crippen LogP contribution in [0.3, 0.4) is 0 Å². The number of carbonyl (C=O) groups excluding carboxylic acids is 1. The number of likely N-dealkylation sites (tertiary alicyclic amines) is 1. The molecule has 1 atom stereocenters. The monoisotopic (exact) mass is 406 g/mol. The number of rotatable bonds is 5. The summed E-state index contributed by atoms with van der Waals surface area (Å²) in [7, 11) is 0. The average Bonchev–Trinajstić information content (AvgIpc) is 3.17. The summed E-state index contributed by atoms with van der Waals surface area (Å²) < 4.78 is 0. The molecule has 1 fully saturated rings. The van der Waals surface area contributed by atoms with Crippen molar-refractivity contribution in [1.82, 2.24) is 15.1 Å². The molecule has 1 N–H and O–H groups in total. The van der Waals surface area contributed by atoms with Crippen molar-refractivity contribution in [3.8, 4) is 10.6 Å². The Balaban J connectivity index is 1.37. The van der Waals surface area contributed by atoms with Crippen LogP contribution in [0.5, 0.6) is 0 Å². The number of hydrogen-bond donors (Lipinski definition) is 1. The highest BCUT2D eigenvalue weighted by Crippen LogP contribution is 2.27. The fraction of sp³-hybridized carbons (Fsp3) is 0.348. The van der Waals surface area contributed by atoms with Gasteiger partial charge in [0.15, 0.2) is 0 Å². The molecule has 1 aliphatic rings. The van der Waals surface area contributed by atoms with E-state index < -0.39 is 0 Å². The van der Waals surface area contributed by atoms with Gasteiger partial charge in [0.25, 0.3) is 5.91 Å². The number of benzene rings is 2. The van der Waals surface area contributed by atoms with Crippen molar-refractivity contribution in [2.75, 3.05) is 18.4 Å². The third-order valence-corrected chi connectivity index (χ3v) is 6.20. The van der Waals surface area contributed by atoms with Crippen molar-refractivity contribution < 1.29 is 4.79 Å². The first-order chi connectivity index (χ1) is 14.1. The Morgan fingerprint density at radius 3 is 2.62 bits per heavy atom. The highest BCUT2D eigenvalue weighted by molar-refractivity contribution is 7.18. The third kappa shape index (κ3) is 5.08. The minimum Gasteiger partial charge on any atom is -0.299 e. The molecule has 0 bridgehead atoms. The van der Waals surface area contributed by atoms with Gasteiger partial charge in [-0.05, 0) is 49.9 Å². The molecule has 1 amide bonds. The molecule has 0 aliphatic carbocycles. The van der Waals surface area contributed by atoms with Gasteiger partial charge < -0.3 is 0 Å². The Kier molecular flexibility index (Phi) is 6.02. The van der Waals surface area contributed by atoms with Crippen LogP contribution in [0.25, 0.3) is 10.6 Å². The fourth-order valence-electron chi connectivity index (χ4n) is 3.71. The minimum absolute atomic E-state index is 0.158. The Morgan fingerprint density at radius 1 is 1.14 bits per heavy atom. The Hall–Kier alpha value is -2.57. The molecule has 0 radical (unpaired) electrons. The average molecular weight is 407 g/mol. The molecule has 3 aromatic rings. The Morgan fingerprint density at radius 2 is 1.90 bits per heavy atom. The zero-order chi connectivity index (χ0) is 20.2. The molecule has 6 heteroatoms. The number of carbonyl (C=O) groups is 1. The van der Waals surface area contributed by atoms with E-state index in [0.717, 1.165) is 36.1 Å². The molecular weight excluding hydrogens is 380 g/mol. The summed E-state index contributed by atoms with van der Waals surface area (Å²) >= 11 is 1.38. The minimum atomic E-state index is -0.158. The van der Waals surface area contributed by atoms with Gasteiger partial charge in [-0.1, -0.05) is 60.2 Å². The summed E-state index contributed by atoms with van der Waals surface area (Å²) in [5.74, 6) is 0.611. The summed E-state index contributed by atoms with van der Waals surface area (Å²) in [5, 5.41) is 12.5. The van der Waals surface area contributed by atoms with E-state index in [2.05, 4.69) is 27.3 Å². The molecule has 5 nitrogen and oxygen atoms in total. The summed E-state index contributed by atoms with van der Waals surface area (Å²) in [6.45, 7) is 7.63. The second kappa shape index (κ2) is 8.84. The van der Waals surface area contributed by atoms with Crippen LogP contribution >= 0.6 is 11.3 Å². The molecular formula is C23H26N4OS. The molecule has 29 heavy (non-hydrogen) atoms. The van der Waals surface area contributed by atoms with Crippen LogP contribution in [0, 0.1) is 12.8 Å². The number of nitrogens with one attached hydrogen (secondary N) is 1. The van der Waals surface area contributed by atoms with E-state index in [-0.39, 0.29) is 5.91 Å². The van der Waals surface area contributed by atoms with Crippen molar-refractivity contribution in [1.29, 1.82) is 0 Å². The maximum absolute atomic E-state index is 12.6. The predicted octanol–water partition coefficient (Wildman–Crippen LogP) is 5.00. The number of aromatic nitrogens is 2. The number of hydrogen-bond acceptors (Lipinski definition) is 5. The molecule has 1 aliphatic heterocycles. The van der Waals surface area contributed by atoms with Crippen LogP contribution in [-0.2, 0) is 6.54 Å². The standard InChI is InChI=1S/C23H26N4OS/c1-16-5-9-20(10-6-16)22-25-26-23(29-22)24-21(28)19-11-7-18(8-12-19)15-27-13-3-4-17(2)14-27/h5-12,17H,3-4,13-15H2,1-2H3,(H,24,26,28)/t17-/m0/s1. The molecule has 2 aromatic carbocycles. The molecule has 0 unspecified atom stereocenters. The van der Waals surface area contributed by atoms with Crippen molar-refractivity contribution in [2.45, 2.75) is 33.2 Å². The van der Waals surface area contributed by atoms with Gasteiger partial charge in [0.2, 0.25) is 5.13 Å². The van der Waals surface area contributed by atoms with Gasteiger partial charge in [-0.3, -0.25) is 15.0 Å². The lowest BCUT2D eigenvalue weighted by Gasteiger charge is -2.30. The van der Waals surface area contributed by atoms with E-state index in [0.29, 0.717) is 10.7 Å². The van der Waals surface area contributed by atoms with E-state index in [1.807, 2.05) is 55.5 Å². The van der Waals surface area contributed by atoms with Crippen LogP contribution in [0.15, 0.2) is 48.5 Å². The van der Waals surface area contributed by atoms with E-state index in [4.69, 9.17) is 0 Å². The largest absolute Gasteiger partial charge is 0.299 e. The normalized spacial score (nSPS) is 17.2. The quantitative estimate of drug-likeness (QED) is 0.648. The number of nitrogens with zero attached hydrogens (tertiary/aromatic N) is 3. The van der Waals surface area contributed by atoms with Gasteiger partial charge >= 0.3 is 0 Å². The van der Waals surface area contributed by atoms with Crippen molar-refractivity contribution in [2.24, 2.45) is 5.92 Å². The lowest BCUT2D eigenvalue weighted by Crippen LogP contribution is -2.33. The number of aryl methyl sites for hydroxylation is 1. The van der Waals surface area contributed by atoms with Crippen LogP contribution in [0.2, 0.25) is 0 Å². The van der Waals surface area contributed by atoms with E-state index >= 15 is 0 Å². The van der Waals surface area contributed by atoms with Crippen LogP contribution in [-0.4, -0.2) is 34.1 Å². The second-order valence-corrected chi connectivity index (χ2v) is 8.89. The summed E-state index contributed by atoms with van der Waals surface area (Å²) in [5.41, 5.74) is 4.08. The SMILES string of the molecule is Cc1ccc(-c2nnc(NC(=O)c3ccc(CN4CCC[C@H](C)C4)cc3)s2)cc1. The molecule has 1 saturated heterocycles. The van der Waals surface area contributed by atoms with E-state index in [9.17, 15) is 4.79 Å². The Bertz CT molecular complexity index is 965. The topological polar surface area (TPSA) is 58.1 Å². The molecule has 150 valence electrons. The second-order valence-electron chi connectivity index (χ2n) is 7.91. The van der Waals surface area contributed by atoms with Crippen LogP contribution in [0.1, 0.15) is 41.3 Å². The number of anilines is 1. The first-order valence-corrected chi connectivity index (χ1v) is 10.9.